The van der Waals surface area contributed by atoms with Gasteiger partial charge in [-0.2, -0.15) is 0 Å². The van der Waals surface area contributed by atoms with Gasteiger partial charge < -0.3 is 19.7 Å². The zero-order chi connectivity index (χ0) is 17.9. The van der Waals surface area contributed by atoms with Gasteiger partial charge in [0.05, 0.1) is 13.0 Å². The molecule has 6 nitrogen and oxygen atoms in total. The third-order valence-electron chi connectivity index (χ3n) is 4.25. The highest BCUT2D eigenvalue weighted by molar-refractivity contribution is 6.61. The molecular formula is C19H17BN2O4. The molecule has 3 aromatic rings. The SMILES string of the molecule is O=C(Cc1ccc2c(c1)OCCOB2O)Nc1ccc2cnccc2c1. The van der Waals surface area contributed by atoms with Crippen LogP contribution in [0.4, 0.5) is 5.69 Å². The van der Waals surface area contributed by atoms with E-state index in [0.717, 1.165) is 22.0 Å². The lowest BCUT2D eigenvalue weighted by atomic mass is 9.78. The molecule has 0 spiro atoms. The predicted octanol–water partition coefficient (Wildman–Crippen LogP) is 1.51. The lowest BCUT2D eigenvalue weighted by Crippen LogP contribution is -2.33. The Kier molecular flexibility index (Phi) is 4.56. The van der Waals surface area contributed by atoms with Crippen LogP contribution in [0.3, 0.4) is 0 Å². The standard InChI is InChI=1S/C19H17BN2O4/c23-19(22-16-3-2-15-12-21-6-5-14(15)11-16)10-13-1-4-17-18(9-13)25-7-8-26-20(17)24/h1-6,9,11-12,24H,7-8,10H2,(H,22,23). The molecule has 1 amide bonds. The van der Waals surface area contributed by atoms with Crippen LogP contribution in [-0.4, -0.2) is 36.2 Å². The molecule has 4 rings (SSSR count). The van der Waals surface area contributed by atoms with Gasteiger partial charge in [-0.25, -0.2) is 0 Å². The maximum absolute atomic E-state index is 12.4. The van der Waals surface area contributed by atoms with Gasteiger partial charge in [-0.15, -0.1) is 0 Å². The number of nitrogens with zero attached hydrogens (tertiary/aromatic N) is 1. The van der Waals surface area contributed by atoms with E-state index in [0.29, 0.717) is 24.4 Å². The molecule has 0 saturated heterocycles. The molecule has 0 bridgehead atoms. The summed E-state index contributed by atoms with van der Waals surface area (Å²) in [7, 11) is -0.998. The Labute approximate surface area is 150 Å². The number of hydrogen-bond donors (Lipinski definition) is 2. The quantitative estimate of drug-likeness (QED) is 0.702. The van der Waals surface area contributed by atoms with Crippen molar-refractivity contribution in [3.05, 3.63) is 60.4 Å². The van der Waals surface area contributed by atoms with Crippen LogP contribution in [0.25, 0.3) is 10.8 Å². The zero-order valence-corrected chi connectivity index (χ0v) is 14.0. The molecule has 26 heavy (non-hydrogen) atoms. The number of pyridine rings is 1. The van der Waals surface area contributed by atoms with Gasteiger partial charge >= 0.3 is 7.12 Å². The monoisotopic (exact) mass is 348 g/mol. The van der Waals surface area contributed by atoms with E-state index < -0.39 is 7.12 Å². The minimum absolute atomic E-state index is 0.122. The summed E-state index contributed by atoms with van der Waals surface area (Å²) in [5, 5.41) is 14.9. The molecule has 0 aliphatic carbocycles. The highest BCUT2D eigenvalue weighted by Gasteiger charge is 2.24. The minimum atomic E-state index is -0.998. The van der Waals surface area contributed by atoms with Crippen molar-refractivity contribution < 1.29 is 19.2 Å². The van der Waals surface area contributed by atoms with E-state index in [1.54, 1.807) is 30.6 Å². The van der Waals surface area contributed by atoms with Gasteiger partial charge in [0.15, 0.2) is 0 Å². The van der Waals surface area contributed by atoms with Gasteiger partial charge in [0.2, 0.25) is 5.91 Å². The topological polar surface area (TPSA) is 80.7 Å². The fourth-order valence-corrected chi connectivity index (χ4v) is 2.97. The first kappa shape index (κ1) is 16.6. The van der Waals surface area contributed by atoms with E-state index in [-0.39, 0.29) is 12.3 Å². The molecule has 2 aromatic carbocycles. The van der Waals surface area contributed by atoms with Crippen molar-refractivity contribution in [2.24, 2.45) is 0 Å². The molecule has 0 atom stereocenters. The van der Waals surface area contributed by atoms with Gasteiger partial charge in [-0.1, -0.05) is 18.2 Å². The van der Waals surface area contributed by atoms with Crippen LogP contribution in [0.15, 0.2) is 54.9 Å². The third kappa shape index (κ3) is 3.54. The molecule has 130 valence electrons. The number of fused-ring (bicyclic) bond motifs is 2. The van der Waals surface area contributed by atoms with E-state index in [1.165, 1.54) is 0 Å². The summed E-state index contributed by atoms with van der Waals surface area (Å²) in [5.74, 6) is 0.433. The number of anilines is 1. The number of amides is 1. The Balaban J connectivity index is 1.48. The first-order chi connectivity index (χ1) is 12.7. The zero-order valence-electron chi connectivity index (χ0n) is 14.0. The Morgan fingerprint density at radius 1 is 1.15 bits per heavy atom. The second-order valence-corrected chi connectivity index (χ2v) is 6.11. The van der Waals surface area contributed by atoms with Crippen molar-refractivity contribution in [1.82, 2.24) is 4.98 Å². The molecule has 1 aliphatic heterocycles. The van der Waals surface area contributed by atoms with Crippen LogP contribution >= 0.6 is 0 Å². The smallest absolute Gasteiger partial charge is 0.492 e. The van der Waals surface area contributed by atoms with E-state index >= 15 is 0 Å². The number of aromatic nitrogens is 1. The van der Waals surface area contributed by atoms with Gasteiger partial charge in [-0.05, 0) is 35.2 Å². The second kappa shape index (κ2) is 7.15. The van der Waals surface area contributed by atoms with Crippen molar-refractivity contribution in [2.45, 2.75) is 6.42 Å². The summed E-state index contributed by atoms with van der Waals surface area (Å²) in [6.07, 6.45) is 3.72. The van der Waals surface area contributed by atoms with Gasteiger partial charge in [-0.3, -0.25) is 9.78 Å². The Hall–Kier alpha value is -2.90. The van der Waals surface area contributed by atoms with Crippen LogP contribution in [0.1, 0.15) is 5.56 Å². The number of ether oxygens (including phenoxy) is 1. The lowest BCUT2D eigenvalue weighted by molar-refractivity contribution is -0.115. The first-order valence-corrected chi connectivity index (χ1v) is 8.38. The summed E-state index contributed by atoms with van der Waals surface area (Å²) >= 11 is 0. The van der Waals surface area contributed by atoms with Gasteiger partial charge in [0, 0.05) is 28.9 Å². The summed E-state index contributed by atoms with van der Waals surface area (Å²) < 4.78 is 10.8. The molecule has 0 unspecified atom stereocenters. The van der Waals surface area contributed by atoms with Crippen LogP contribution in [0, 0.1) is 0 Å². The number of rotatable bonds is 3. The van der Waals surface area contributed by atoms with Crippen molar-refractivity contribution in [3.8, 4) is 5.75 Å². The molecule has 2 heterocycles. The highest BCUT2D eigenvalue weighted by atomic mass is 16.6. The largest absolute Gasteiger partial charge is 0.495 e. The van der Waals surface area contributed by atoms with Crippen molar-refractivity contribution in [3.63, 3.8) is 0 Å². The van der Waals surface area contributed by atoms with Crippen molar-refractivity contribution >= 4 is 34.9 Å². The average molecular weight is 348 g/mol. The van der Waals surface area contributed by atoms with Crippen LogP contribution in [0.5, 0.6) is 5.75 Å². The predicted molar refractivity (Wildman–Crippen MR) is 99.6 cm³/mol. The molecule has 0 saturated carbocycles. The van der Waals surface area contributed by atoms with Crippen LogP contribution < -0.4 is 15.5 Å². The molecule has 7 heteroatoms. The average Bonchev–Trinajstić information content (AvgIpc) is 2.83. The fourth-order valence-electron chi connectivity index (χ4n) is 2.97. The number of carbonyl (C=O) groups is 1. The van der Waals surface area contributed by atoms with E-state index in [9.17, 15) is 9.82 Å². The van der Waals surface area contributed by atoms with Gasteiger partial charge in [0.1, 0.15) is 12.4 Å². The maximum Gasteiger partial charge on any atom is 0.495 e. The maximum atomic E-state index is 12.4. The number of hydrogen-bond acceptors (Lipinski definition) is 5. The van der Waals surface area contributed by atoms with Crippen molar-refractivity contribution in [2.75, 3.05) is 18.5 Å². The number of benzene rings is 2. The Morgan fingerprint density at radius 2 is 2.08 bits per heavy atom. The highest BCUT2D eigenvalue weighted by Crippen LogP contribution is 2.19. The molecule has 2 N–H and O–H groups in total. The Morgan fingerprint density at radius 3 is 3.00 bits per heavy atom. The summed E-state index contributed by atoms with van der Waals surface area (Å²) in [5.41, 5.74) is 2.12. The molecule has 1 aliphatic rings. The molecular weight excluding hydrogens is 331 g/mol. The van der Waals surface area contributed by atoms with Crippen LogP contribution in [-0.2, 0) is 15.9 Å². The third-order valence-corrected chi connectivity index (χ3v) is 4.25. The van der Waals surface area contributed by atoms with Crippen molar-refractivity contribution in [1.29, 1.82) is 0 Å². The lowest BCUT2D eigenvalue weighted by Gasteiger charge is -2.10. The van der Waals surface area contributed by atoms with E-state index in [4.69, 9.17) is 9.39 Å². The first-order valence-electron chi connectivity index (χ1n) is 8.38. The van der Waals surface area contributed by atoms with Crippen LogP contribution in [0.2, 0.25) is 0 Å². The summed E-state index contributed by atoms with van der Waals surface area (Å²) in [4.78, 5) is 16.5. The fraction of sp³-hybridized carbons (Fsp3) is 0.158. The van der Waals surface area contributed by atoms with E-state index in [2.05, 4.69) is 10.3 Å². The Bertz CT molecular complexity index is 963. The number of nitrogens with one attached hydrogen (secondary N) is 1. The normalized spacial score (nSPS) is 13.7. The van der Waals surface area contributed by atoms with E-state index in [1.807, 2.05) is 24.3 Å². The molecule has 1 aromatic heterocycles. The minimum Gasteiger partial charge on any atom is -0.492 e. The molecule has 0 radical (unpaired) electrons. The molecule has 0 fully saturated rings. The van der Waals surface area contributed by atoms with Gasteiger partial charge in [0.25, 0.3) is 0 Å². The summed E-state index contributed by atoms with van der Waals surface area (Å²) in [6.45, 7) is 0.689. The summed E-state index contributed by atoms with van der Waals surface area (Å²) in [6, 6.07) is 12.9. The second-order valence-electron chi connectivity index (χ2n) is 6.11. The number of carbonyl (C=O) groups excluding carboxylic acids is 1.